The standard InChI is InChI=1S/C14H22BrNO2/c1-4-7-16-9-11(2)10-18-14-6-5-12(17-3)8-13(14)15/h5-6,8,11,16H,4,7,9-10H2,1-3H3. The highest BCUT2D eigenvalue weighted by atomic mass is 79.9. The molecule has 0 aliphatic carbocycles. The molecule has 18 heavy (non-hydrogen) atoms. The van der Waals surface area contributed by atoms with E-state index < -0.39 is 0 Å². The molecule has 0 saturated heterocycles. The molecule has 102 valence electrons. The van der Waals surface area contributed by atoms with E-state index >= 15 is 0 Å². The van der Waals surface area contributed by atoms with Crippen LogP contribution in [-0.4, -0.2) is 26.8 Å². The maximum Gasteiger partial charge on any atom is 0.133 e. The van der Waals surface area contributed by atoms with Crippen LogP contribution in [0.5, 0.6) is 11.5 Å². The molecular formula is C14H22BrNO2. The van der Waals surface area contributed by atoms with Crippen molar-refractivity contribution in [2.45, 2.75) is 20.3 Å². The Hall–Kier alpha value is -0.740. The summed E-state index contributed by atoms with van der Waals surface area (Å²) in [5.74, 6) is 2.18. The summed E-state index contributed by atoms with van der Waals surface area (Å²) in [6.07, 6.45) is 1.16. The van der Waals surface area contributed by atoms with Crippen molar-refractivity contribution in [3.63, 3.8) is 0 Å². The zero-order chi connectivity index (χ0) is 13.4. The second-order valence-electron chi connectivity index (χ2n) is 4.42. The van der Waals surface area contributed by atoms with Gasteiger partial charge < -0.3 is 14.8 Å². The molecular weight excluding hydrogens is 294 g/mol. The first-order chi connectivity index (χ1) is 8.67. The van der Waals surface area contributed by atoms with Gasteiger partial charge in [0.05, 0.1) is 18.2 Å². The number of hydrogen-bond donors (Lipinski definition) is 1. The van der Waals surface area contributed by atoms with E-state index in [4.69, 9.17) is 9.47 Å². The molecule has 1 rings (SSSR count). The molecule has 1 N–H and O–H groups in total. The van der Waals surface area contributed by atoms with Crippen LogP contribution in [0.25, 0.3) is 0 Å². The third kappa shape index (κ3) is 5.27. The third-order valence-corrected chi connectivity index (χ3v) is 3.20. The lowest BCUT2D eigenvalue weighted by molar-refractivity contribution is 0.254. The summed E-state index contributed by atoms with van der Waals surface area (Å²) in [7, 11) is 1.66. The highest BCUT2D eigenvalue weighted by molar-refractivity contribution is 9.10. The number of halogens is 1. The molecule has 1 unspecified atom stereocenters. The average molecular weight is 316 g/mol. The normalized spacial score (nSPS) is 12.2. The van der Waals surface area contributed by atoms with Crippen molar-refractivity contribution in [2.75, 3.05) is 26.8 Å². The van der Waals surface area contributed by atoms with Crippen LogP contribution in [0.2, 0.25) is 0 Å². The zero-order valence-electron chi connectivity index (χ0n) is 11.3. The van der Waals surface area contributed by atoms with E-state index in [1.165, 1.54) is 0 Å². The molecule has 0 amide bonds. The zero-order valence-corrected chi connectivity index (χ0v) is 12.9. The highest BCUT2D eigenvalue weighted by Crippen LogP contribution is 2.29. The van der Waals surface area contributed by atoms with E-state index in [0.717, 1.165) is 35.5 Å². The number of hydrogen-bond acceptors (Lipinski definition) is 3. The summed E-state index contributed by atoms with van der Waals surface area (Å²) in [5.41, 5.74) is 0. The van der Waals surface area contributed by atoms with E-state index in [9.17, 15) is 0 Å². The average Bonchev–Trinajstić information content (AvgIpc) is 2.37. The van der Waals surface area contributed by atoms with Crippen LogP contribution in [0.1, 0.15) is 20.3 Å². The molecule has 0 saturated carbocycles. The number of ether oxygens (including phenoxy) is 2. The molecule has 1 aromatic rings. The van der Waals surface area contributed by atoms with Crippen molar-refractivity contribution in [3.05, 3.63) is 22.7 Å². The summed E-state index contributed by atoms with van der Waals surface area (Å²) < 4.78 is 11.9. The van der Waals surface area contributed by atoms with E-state index in [-0.39, 0.29) is 0 Å². The van der Waals surface area contributed by atoms with Crippen molar-refractivity contribution in [2.24, 2.45) is 5.92 Å². The fraction of sp³-hybridized carbons (Fsp3) is 0.571. The van der Waals surface area contributed by atoms with Gasteiger partial charge in [-0.2, -0.15) is 0 Å². The molecule has 0 bridgehead atoms. The van der Waals surface area contributed by atoms with Gasteiger partial charge in [0, 0.05) is 12.5 Å². The predicted octanol–water partition coefficient (Wildman–Crippen LogP) is 3.47. The lowest BCUT2D eigenvalue weighted by Crippen LogP contribution is -2.25. The van der Waals surface area contributed by atoms with Crippen molar-refractivity contribution >= 4 is 15.9 Å². The van der Waals surface area contributed by atoms with Gasteiger partial charge in [0.2, 0.25) is 0 Å². The van der Waals surface area contributed by atoms with E-state index in [2.05, 4.69) is 35.1 Å². The third-order valence-electron chi connectivity index (χ3n) is 2.58. The minimum atomic E-state index is 0.491. The minimum Gasteiger partial charge on any atom is -0.497 e. The Kier molecular flexibility index (Phi) is 7.13. The highest BCUT2D eigenvalue weighted by Gasteiger charge is 2.06. The molecule has 0 fully saturated rings. The van der Waals surface area contributed by atoms with Crippen molar-refractivity contribution in [3.8, 4) is 11.5 Å². The number of nitrogens with one attached hydrogen (secondary N) is 1. The second kappa shape index (κ2) is 8.38. The smallest absolute Gasteiger partial charge is 0.133 e. The van der Waals surface area contributed by atoms with Crippen LogP contribution >= 0.6 is 15.9 Å². The molecule has 0 aromatic heterocycles. The minimum absolute atomic E-state index is 0.491. The Morgan fingerprint density at radius 2 is 2.17 bits per heavy atom. The van der Waals surface area contributed by atoms with Gasteiger partial charge in [0.25, 0.3) is 0 Å². The molecule has 0 aliphatic heterocycles. The van der Waals surface area contributed by atoms with Crippen LogP contribution in [0.15, 0.2) is 22.7 Å². The first kappa shape index (κ1) is 15.3. The molecule has 1 atom stereocenters. The Morgan fingerprint density at radius 3 is 2.78 bits per heavy atom. The quantitative estimate of drug-likeness (QED) is 0.745. The van der Waals surface area contributed by atoms with Gasteiger partial charge in [0.1, 0.15) is 11.5 Å². The van der Waals surface area contributed by atoms with Crippen molar-refractivity contribution in [1.82, 2.24) is 5.32 Å². The van der Waals surface area contributed by atoms with Crippen LogP contribution in [0, 0.1) is 5.92 Å². The first-order valence-electron chi connectivity index (χ1n) is 6.34. The summed E-state index contributed by atoms with van der Waals surface area (Å²) in [6, 6.07) is 5.74. The van der Waals surface area contributed by atoms with Gasteiger partial charge in [-0.15, -0.1) is 0 Å². The predicted molar refractivity (Wildman–Crippen MR) is 78.5 cm³/mol. The molecule has 0 heterocycles. The van der Waals surface area contributed by atoms with Crippen molar-refractivity contribution < 1.29 is 9.47 Å². The van der Waals surface area contributed by atoms with Crippen LogP contribution in [-0.2, 0) is 0 Å². The second-order valence-corrected chi connectivity index (χ2v) is 5.27. The molecule has 3 nitrogen and oxygen atoms in total. The Balaban J connectivity index is 2.38. The summed E-state index contributed by atoms with van der Waals surface area (Å²) in [4.78, 5) is 0. The van der Waals surface area contributed by atoms with Gasteiger partial charge in [-0.25, -0.2) is 0 Å². The maximum atomic E-state index is 5.79. The molecule has 4 heteroatoms. The SMILES string of the molecule is CCCNCC(C)COc1ccc(OC)cc1Br. The Labute approximate surface area is 118 Å². The molecule has 0 spiro atoms. The first-order valence-corrected chi connectivity index (χ1v) is 7.13. The molecule has 1 aromatic carbocycles. The van der Waals surface area contributed by atoms with Gasteiger partial charge in [0.15, 0.2) is 0 Å². The summed E-state index contributed by atoms with van der Waals surface area (Å²) in [6.45, 7) is 7.11. The number of methoxy groups -OCH3 is 1. The van der Waals surface area contributed by atoms with Gasteiger partial charge in [-0.05, 0) is 47.1 Å². The van der Waals surface area contributed by atoms with E-state index in [0.29, 0.717) is 12.5 Å². The maximum absolute atomic E-state index is 5.79. The Bertz CT molecular complexity index is 358. The van der Waals surface area contributed by atoms with Gasteiger partial charge >= 0.3 is 0 Å². The fourth-order valence-corrected chi connectivity index (χ4v) is 2.01. The lowest BCUT2D eigenvalue weighted by Gasteiger charge is -2.15. The van der Waals surface area contributed by atoms with Crippen LogP contribution in [0.4, 0.5) is 0 Å². The molecule has 0 radical (unpaired) electrons. The van der Waals surface area contributed by atoms with E-state index in [1.54, 1.807) is 7.11 Å². The fourth-order valence-electron chi connectivity index (χ4n) is 1.54. The van der Waals surface area contributed by atoms with Crippen molar-refractivity contribution in [1.29, 1.82) is 0 Å². The van der Waals surface area contributed by atoms with E-state index in [1.807, 2.05) is 18.2 Å². The lowest BCUT2D eigenvalue weighted by atomic mass is 10.2. The number of rotatable bonds is 8. The largest absolute Gasteiger partial charge is 0.497 e. The van der Waals surface area contributed by atoms with Gasteiger partial charge in [-0.3, -0.25) is 0 Å². The molecule has 0 aliphatic rings. The topological polar surface area (TPSA) is 30.5 Å². The monoisotopic (exact) mass is 315 g/mol. The summed E-state index contributed by atoms with van der Waals surface area (Å²) in [5, 5.41) is 3.39. The van der Waals surface area contributed by atoms with Gasteiger partial charge in [-0.1, -0.05) is 13.8 Å². The summed E-state index contributed by atoms with van der Waals surface area (Å²) >= 11 is 3.48. The van der Waals surface area contributed by atoms with Crippen LogP contribution in [0.3, 0.4) is 0 Å². The number of benzene rings is 1. The Morgan fingerprint density at radius 1 is 1.39 bits per heavy atom. The van der Waals surface area contributed by atoms with Crippen LogP contribution < -0.4 is 14.8 Å².